The number of hydrogen-bond donors (Lipinski definition) is 0. The summed E-state index contributed by atoms with van der Waals surface area (Å²) in [6, 6.07) is 0.405. The van der Waals surface area contributed by atoms with Crippen LogP contribution in [0.3, 0.4) is 0 Å². The molecule has 2 aliphatic rings. The monoisotopic (exact) mass is 258 g/mol. The number of carbonyl (C=O) groups excluding carboxylic acids is 2. The van der Waals surface area contributed by atoms with E-state index in [2.05, 4.69) is 11.9 Å². The second-order valence-electron chi connectivity index (χ2n) is 3.84. The van der Waals surface area contributed by atoms with Crippen molar-refractivity contribution in [1.82, 2.24) is 4.90 Å². The highest BCUT2D eigenvalue weighted by atomic mass is 32.2. The van der Waals surface area contributed by atoms with Gasteiger partial charge in [-0.2, -0.15) is 0 Å². The highest BCUT2D eigenvalue weighted by Gasteiger charge is 2.28. The number of rotatable bonds is 3. The van der Waals surface area contributed by atoms with Crippen molar-refractivity contribution in [1.29, 1.82) is 0 Å². The van der Waals surface area contributed by atoms with Crippen LogP contribution >= 0.6 is 23.5 Å². The van der Waals surface area contributed by atoms with Crippen LogP contribution < -0.4 is 0 Å². The largest absolute Gasteiger partial charge is 0.282 e. The number of carbonyl (C=O) groups is 2. The molecule has 0 aromatic heterocycles. The first-order valence-electron chi connectivity index (χ1n) is 5.33. The summed E-state index contributed by atoms with van der Waals surface area (Å²) in [5, 5.41) is 0. The van der Waals surface area contributed by atoms with Gasteiger partial charge in [-0.1, -0.05) is 23.5 Å². The van der Waals surface area contributed by atoms with E-state index >= 15 is 0 Å². The highest BCUT2D eigenvalue weighted by Crippen LogP contribution is 2.26. The molecule has 2 heterocycles. The van der Waals surface area contributed by atoms with Gasteiger partial charge in [0, 0.05) is 30.9 Å². The second-order valence-corrected chi connectivity index (χ2v) is 6.19. The molecule has 2 amide bonds. The summed E-state index contributed by atoms with van der Waals surface area (Å²) in [6.07, 6.45) is 0.770. The molecule has 88 valence electrons. The average molecular weight is 258 g/mol. The minimum Gasteiger partial charge on any atom is -0.282 e. The lowest BCUT2D eigenvalue weighted by molar-refractivity contribution is -0.137. The molecule has 2 aliphatic heterocycles. The minimum absolute atomic E-state index is 0.0278. The first-order valence-corrected chi connectivity index (χ1v) is 7.30. The van der Waals surface area contributed by atoms with Crippen LogP contribution in [0.5, 0.6) is 0 Å². The molecule has 16 heavy (non-hydrogen) atoms. The van der Waals surface area contributed by atoms with Crippen LogP contribution in [0.25, 0.3) is 0 Å². The zero-order valence-electron chi connectivity index (χ0n) is 9.14. The van der Waals surface area contributed by atoms with Crippen LogP contribution in [0, 0.1) is 0 Å². The van der Waals surface area contributed by atoms with Crippen molar-refractivity contribution < 1.29 is 9.59 Å². The van der Waals surface area contributed by atoms with E-state index in [1.54, 1.807) is 23.5 Å². The zero-order chi connectivity index (χ0) is 11.5. The van der Waals surface area contributed by atoms with E-state index in [9.17, 15) is 9.59 Å². The molecule has 1 fully saturated rings. The van der Waals surface area contributed by atoms with Crippen molar-refractivity contribution in [3.8, 4) is 0 Å². The molecule has 0 aromatic carbocycles. The zero-order valence-corrected chi connectivity index (χ0v) is 10.8. The molecule has 0 bridgehead atoms. The molecule has 1 atom stereocenters. The summed E-state index contributed by atoms with van der Waals surface area (Å²) in [5.41, 5.74) is 0. The third-order valence-corrected chi connectivity index (χ3v) is 4.92. The standard InChI is InChI=1S/C10H14N2O2S2/c1-7-6-16-10(11-7)15-5-4-12-8(13)2-3-9(12)14/h7H,2-6H2,1H3/t7-/m0/s1. The van der Waals surface area contributed by atoms with Crippen molar-refractivity contribution in [3.63, 3.8) is 0 Å². The Morgan fingerprint density at radius 2 is 2.12 bits per heavy atom. The van der Waals surface area contributed by atoms with Gasteiger partial charge in [-0.05, 0) is 6.92 Å². The SMILES string of the molecule is C[C@H]1CSC(SCCN2C(=O)CCC2=O)=N1. The van der Waals surface area contributed by atoms with Gasteiger partial charge < -0.3 is 0 Å². The maximum atomic E-state index is 11.3. The molecule has 6 heteroatoms. The van der Waals surface area contributed by atoms with Gasteiger partial charge in [-0.25, -0.2) is 0 Å². The summed E-state index contributed by atoms with van der Waals surface area (Å²) in [5.74, 6) is 1.75. The van der Waals surface area contributed by atoms with Crippen molar-refractivity contribution in [3.05, 3.63) is 0 Å². The third kappa shape index (κ3) is 2.79. The van der Waals surface area contributed by atoms with Gasteiger partial charge in [-0.15, -0.1) is 0 Å². The second kappa shape index (κ2) is 5.23. The van der Waals surface area contributed by atoms with Crippen LogP contribution in [-0.2, 0) is 9.59 Å². The van der Waals surface area contributed by atoms with Crippen LogP contribution in [0.1, 0.15) is 19.8 Å². The van der Waals surface area contributed by atoms with E-state index in [1.165, 1.54) is 4.90 Å². The van der Waals surface area contributed by atoms with Crippen LogP contribution in [-0.4, -0.2) is 45.2 Å². The smallest absolute Gasteiger partial charge is 0.229 e. The van der Waals surface area contributed by atoms with E-state index in [0.717, 1.165) is 15.9 Å². The maximum Gasteiger partial charge on any atom is 0.229 e. The Morgan fingerprint density at radius 3 is 2.69 bits per heavy atom. The van der Waals surface area contributed by atoms with Crippen LogP contribution in [0.4, 0.5) is 0 Å². The maximum absolute atomic E-state index is 11.3. The Kier molecular flexibility index (Phi) is 3.91. The Labute approximate surface area is 103 Å². The van der Waals surface area contributed by atoms with Crippen molar-refractivity contribution in [2.45, 2.75) is 25.8 Å². The summed E-state index contributed by atoms with van der Waals surface area (Å²) < 4.78 is 1.09. The third-order valence-electron chi connectivity index (χ3n) is 2.47. The van der Waals surface area contributed by atoms with E-state index in [0.29, 0.717) is 25.4 Å². The minimum atomic E-state index is -0.0278. The molecule has 1 saturated heterocycles. The number of imide groups is 1. The van der Waals surface area contributed by atoms with E-state index in [-0.39, 0.29) is 11.8 Å². The van der Waals surface area contributed by atoms with E-state index in [1.807, 2.05) is 0 Å². The van der Waals surface area contributed by atoms with Crippen LogP contribution in [0.15, 0.2) is 4.99 Å². The van der Waals surface area contributed by atoms with Crippen molar-refractivity contribution in [2.75, 3.05) is 18.1 Å². The Bertz CT molecular complexity index is 328. The average Bonchev–Trinajstić information content (AvgIpc) is 2.78. The summed E-state index contributed by atoms with van der Waals surface area (Å²) in [4.78, 5) is 28.5. The number of nitrogens with zero attached hydrogens (tertiary/aromatic N) is 2. The summed E-state index contributed by atoms with van der Waals surface area (Å²) in [7, 11) is 0. The number of aliphatic imine (C=N–C) groups is 1. The lowest BCUT2D eigenvalue weighted by Gasteiger charge is -2.12. The quantitative estimate of drug-likeness (QED) is 0.717. The highest BCUT2D eigenvalue weighted by molar-refractivity contribution is 8.39. The van der Waals surface area contributed by atoms with Crippen molar-refractivity contribution >= 4 is 39.7 Å². The molecule has 0 aliphatic carbocycles. The normalized spacial score (nSPS) is 25.4. The Hall–Kier alpha value is -0.490. The molecular formula is C10H14N2O2S2. The molecule has 0 unspecified atom stereocenters. The Balaban J connectivity index is 1.74. The fraction of sp³-hybridized carbons (Fsp3) is 0.700. The topological polar surface area (TPSA) is 49.7 Å². The lowest BCUT2D eigenvalue weighted by Crippen LogP contribution is -2.31. The fourth-order valence-electron chi connectivity index (χ4n) is 1.62. The molecular weight excluding hydrogens is 244 g/mol. The van der Waals surface area contributed by atoms with Gasteiger partial charge in [-0.3, -0.25) is 19.5 Å². The van der Waals surface area contributed by atoms with Gasteiger partial charge in [0.05, 0.1) is 6.04 Å². The van der Waals surface area contributed by atoms with E-state index < -0.39 is 0 Å². The number of amides is 2. The number of likely N-dealkylation sites (tertiary alicyclic amines) is 1. The van der Waals surface area contributed by atoms with Gasteiger partial charge in [0.25, 0.3) is 0 Å². The first-order chi connectivity index (χ1) is 7.66. The summed E-state index contributed by atoms with van der Waals surface area (Å²) >= 11 is 3.40. The number of thioether (sulfide) groups is 2. The van der Waals surface area contributed by atoms with Gasteiger partial charge >= 0.3 is 0 Å². The molecule has 0 aromatic rings. The lowest BCUT2D eigenvalue weighted by atomic mass is 10.4. The molecule has 2 rings (SSSR count). The fourth-order valence-corrected chi connectivity index (χ4v) is 3.83. The van der Waals surface area contributed by atoms with E-state index in [4.69, 9.17) is 0 Å². The first kappa shape index (κ1) is 12.0. The molecule has 0 spiro atoms. The summed E-state index contributed by atoms with van der Waals surface area (Å²) in [6.45, 7) is 2.62. The molecule has 4 nitrogen and oxygen atoms in total. The predicted molar refractivity (Wildman–Crippen MR) is 67.8 cm³/mol. The van der Waals surface area contributed by atoms with Crippen LogP contribution in [0.2, 0.25) is 0 Å². The van der Waals surface area contributed by atoms with Crippen molar-refractivity contribution in [2.24, 2.45) is 4.99 Å². The van der Waals surface area contributed by atoms with Gasteiger partial charge in [0.2, 0.25) is 11.8 Å². The number of hydrogen-bond acceptors (Lipinski definition) is 5. The van der Waals surface area contributed by atoms with Gasteiger partial charge in [0.1, 0.15) is 4.38 Å². The molecule has 0 N–H and O–H groups in total. The Morgan fingerprint density at radius 1 is 1.44 bits per heavy atom. The van der Waals surface area contributed by atoms with Gasteiger partial charge in [0.15, 0.2) is 0 Å². The molecule has 0 saturated carbocycles. The predicted octanol–water partition coefficient (Wildman–Crippen LogP) is 1.36. The molecule has 0 radical (unpaired) electrons.